The summed E-state index contributed by atoms with van der Waals surface area (Å²) in [6.45, 7) is 6.45. The van der Waals surface area contributed by atoms with Crippen LogP contribution in [0.1, 0.15) is 30.9 Å². The number of benzene rings is 1. The lowest BCUT2D eigenvalue weighted by molar-refractivity contribution is -0.0304. The van der Waals surface area contributed by atoms with Crippen LogP contribution in [0.5, 0.6) is 5.75 Å². The molecule has 3 N–H and O–H groups in total. The predicted molar refractivity (Wildman–Crippen MR) is 143 cm³/mol. The lowest BCUT2D eigenvalue weighted by Crippen LogP contribution is -2.59. The third-order valence-electron chi connectivity index (χ3n) is 7.08. The minimum Gasteiger partial charge on any atom is -0.504 e. The van der Waals surface area contributed by atoms with E-state index in [0.717, 1.165) is 6.54 Å². The molecule has 3 aromatic rings. The molecule has 13 heteroatoms. The number of anilines is 3. The van der Waals surface area contributed by atoms with Crippen molar-refractivity contribution in [2.45, 2.75) is 37.2 Å². The van der Waals surface area contributed by atoms with Crippen LogP contribution >= 0.6 is 11.6 Å². The highest BCUT2D eigenvalue weighted by atomic mass is 35.5. The van der Waals surface area contributed by atoms with E-state index in [4.69, 9.17) is 20.8 Å². The summed E-state index contributed by atoms with van der Waals surface area (Å²) in [5.74, 6) is 0.684. The Balaban J connectivity index is 1.42. The van der Waals surface area contributed by atoms with Crippen molar-refractivity contribution in [2.75, 3.05) is 50.0 Å². The molecule has 2 fully saturated rings. The van der Waals surface area contributed by atoms with E-state index in [9.17, 15) is 23.1 Å². The maximum Gasteiger partial charge on any atom is 0.253 e. The molecule has 0 aliphatic carbocycles. The molecule has 38 heavy (non-hydrogen) atoms. The summed E-state index contributed by atoms with van der Waals surface area (Å²) in [6.07, 6.45) is 0.569. The zero-order valence-corrected chi connectivity index (χ0v) is 22.6. The van der Waals surface area contributed by atoms with Crippen LogP contribution in [-0.2, 0) is 14.8 Å². The summed E-state index contributed by atoms with van der Waals surface area (Å²) in [5.41, 5.74) is -1.62. The number of hydrogen-bond donors (Lipinski definition) is 3. The Morgan fingerprint density at radius 2 is 1.89 bits per heavy atom. The molecule has 0 spiro atoms. The number of rotatable bonds is 8. The average molecular weight is 565 g/mol. The Kier molecular flexibility index (Phi) is 7.27. The summed E-state index contributed by atoms with van der Waals surface area (Å²) in [4.78, 5) is 26.6. The third kappa shape index (κ3) is 4.71. The molecule has 1 aromatic heterocycles. The lowest BCUT2D eigenvalue weighted by Gasteiger charge is -2.43. The Hall–Kier alpha value is -2.90. The third-order valence-corrected chi connectivity index (χ3v) is 9.45. The van der Waals surface area contributed by atoms with Gasteiger partial charge in [0.05, 0.1) is 30.0 Å². The minimum atomic E-state index is -4.18. The molecular formula is C25H29ClN4O7S. The number of nitrogens with zero attached hydrogens (tertiary/aromatic N) is 2. The zero-order valence-electron chi connectivity index (χ0n) is 21.0. The number of fused-ring (bicyclic) bond motifs is 1. The van der Waals surface area contributed by atoms with E-state index in [1.165, 1.54) is 16.4 Å². The molecule has 5 rings (SSSR count). The van der Waals surface area contributed by atoms with E-state index in [2.05, 4.69) is 15.5 Å². The first-order chi connectivity index (χ1) is 18.1. The first-order valence-corrected chi connectivity index (χ1v) is 14.2. The Labute approximate surface area is 224 Å². The number of phenolic OH excluding ortho intramolecular Hbond substituents is 1. The normalized spacial score (nSPS) is 19.8. The Morgan fingerprint density at radius 3 is 2.61 bits per heavy atom. The number of sulfonamides is 1. The maximum atomic E-state index is 13.6. The second kappa shape index (κ2) is 10.3. The molecule has 0 bridgehead atoms. The first kappa shape index (κ1) is 26.7. The van der Waals surface area contributed by atoms with Crippen molar-refractivity contribution in [3.8, 4) is 5.75 Å². The fourth-order valence-electron chi connectivity index (χ4n) is 4.93. The van der Waals surface area contributed by atoms with Crippen molar-refractivity contribution >= 4 is 38.7 Å². The van der Waals surface area contributed by atoms with Gasteiger partial charge in [-0.3, -0.25) is 14.5 Å². The van der Waals surface area contributed by atoms with Crippen molar-refractivity contribution in [3.05, 3.63) is 61.3 Å². The second-order valence-corrected chi connectivity index (χ2v) is 11.8. The number of phenols is 1. The van der Waals surface area contributed by atoms with Gasteiger partial charge < -0.3 is 24.9 Å². The topological polar surface area (TPSA) is 141 Å². The van der Waals surface area contributed by atoms with E-state index in [0.29, 0.717) is 37.7 Å². The van der Waals surface area contributed by atoms with E-state index in [1.807, 2.05) is 6.92 Å². The number of furan rings is 1. The van der Waals surface area contributed by atoms with Crippen molar-refractivity contribution in [2.24, 2.45) is 0 Å². The van der Waals surface area contributed by atoms with Gasteiger partial charge in [-0.1, -0.05) is 18.5 Å². The lowest BCUT2D eigenvalue weighted by atomic mass is 10.1. The molecule has 3 heterocycles. The van der Waals surface area contributed by atoms with Crippen LogP contribution in [0.25, 0.3) is 0 Å². The maximum absolute atomic E-state index is 13.6. The summed E-state index contributed by atoms with van der Waals surface area (Å²) in [7, 11) is -4.18. The highest BCUT2D eigenvalue weighted by molar-refractivity contribution is 7.89. The molecule has 0 saturated carbocycles. The molecule has 11 nitrogen and oxygen atoms in total. The smallest absolute Gasteiger partial charge is 0.253 e. The molecule has 0 radical (unpaired) electrons. The molecule has 204 valence electrons. The largest absolute Gasteiger partial charge is 0.504 e. The van der Waals surface area contributed by atoms with Crippen LogP contribution in [0.3, 0.4) is 0 Å². The van der Waals surface area contributed by atoms with Gasteiger partial charge in [0, 0.05) is 32.2 Å². The molecule has 2 aromatic carbocycles. The van der Waals surface area contributed by atoms with Crippen LogP contribution in [-0.4, -0.2) is 68.2 Å². The molecule has 2 unspecified atom stereocenters. The van der Waals surface area contributed by atoms with Crippen molar-refractivity contribution in [1.82, 2.24) is 9.21 Å². The second-order valence-electron chi connectivity index (χ2n) is 9.49. The van der Waals surface area contributed by atoms with Gasteiger partial charge in [0.25, 0.3) is 10.9 Å². The number of aromatic hydroxyl groups is 1. The van der Waals surface area contributed by atoms with Gasteiger partial charge >= 0.3 is 0 Å². The SMILES string of the molecule is CCC(Nc1c(Nc2ccc(Cl)c(S(=O)(=O)N3CCN4CCOCC4C3)c2O)c(=O)c1=O)c1ccc(C)o1. The summed E-state index contributed by atoms with van der Waals surface area (Å²) < 4.78 is 39.6. The monoisotopic (exact) mass is 564 g/mol. The molecule has 2 aliphatic rings. The van der Waals surface area contributed by atoms with Gasteiger partial charge in [0.1, 0.15) is 27.8 Å². The van der Waals surface area contributed by atoms with Gasteiger partial charge in [-0.2, -0.15) is 4.31 Å². The summed E-state index contributed by atoms with van der Waals surface area (Å²) in [6, 6.07) is 5.82. The zero-order chi connectivity index (χ0) is 27.2. The number of aryl methyl sites for hydroxylation is 1. The van der Waals surface area contributed by atoms with E-state index in [-0.39, 0.29) is 47.3 Å². The summed E-state index contributed by atoms with van der Waals surface area (Å²) >= 11 is 6.28. The van der Waals surface area contributed by atoms with Crippen LogP contribution < -0.4 is 21.5 Å². The van der Waals surface area contributed by atoms with E-state index in [1.54, 1.807) is 19.1 Å². The Bertz CT molecular complexity index is 1530. The van der Waals surface area contributed by atoms with E-state index < -0.39 is 31.5 Å². The Morgan fingerprint density at radius 1 is 1.13 bits per heavy atom. The predicted octanol–water partition coefficient (Wildman–Crippen LogP) is 2.55. The van der Waals surface area contributed by atoms with Crippen LogP contribution in [0.2, 0.25) is 5.02 Å². The molecule has 2 aliphatic heterocycles. The fraction of sp³-hybridized carbons (Fsp3) is 0.440. The average Bonchev–Trinajstić information content (AvgIpc) is 3.34. The summed E-state index contributed by atoms with van der Waals surface area (Å²) in [5, 5.41) is 16.7. The minimum absolute atomic E-state index is 0.0306. The number of nitrogens with one attached hydrogen (secondary N) is 2. The highest BCUT2D eigenvalue weighted by Gasteiger charge is 2.38. The van der Waals surface area contributed by atoms with Gasteiger partial charge in [-0.15, -0.1) is 0 Å². The first-order valence-electron chi connectivity index (χ1n) is 12.4. The van der Waals surface area contributed by atoms with Crippen molar-refractivity contribution in [1.29, 1.82) is 0 Å². The van der Waals surface area contributed by atoms with Crippen LogP contribution in [0.15, 0.2) is 43.2 Å². The van der Waals surface area contributed by atoms with Gasteiger partial charge in [0.15, 0.2) is 5.75 Å². The number of ether oxygens (including phenoxy) is 1. The van der Waals surface area contributed by atoms with Gasteiger partial charge in [0.2, 0.25) is 10.0 Å². The number of piperazine rings is 1. The molecule has 2 atom stereocenters. The van der Waals surface area contributed by atoms with Crippen LogP contribution in [0.4, 0.5) is 17.1 Å². The molecule has 2 saturated heterocycles. The number of hydrogen-bond acceptors (Lipinski definition) is 10. The van der Waals surface area contributed by atoms with Crippen molar-refractivity contribution < 1.29 is 22.7 Å². The van der Waals surface area contributed by atoms with E-state index >= 15 is 0 Å². The van der Waals surface area contributed by atoms with Gasteiger partial charge in [-0.25, -0.2) is 8.42 Å². The van der Waals surface area contributed by atoms with Crippen molar-refractivity contribution in [3.63, 3.8) is 0 Å². The standard InChI is InChI=1S/C25H29ClN4O7S/c1-3-17(19-7-4-14(2)37-19)27-20-21(24(33)23(20)32)28-18-6-5-16(26)25(22(18)31)38(34,35)30-9-8-29-10-11-36-13-15(29)12-30/h4-7,15,17,27-28,31H,3,8-13H2,1-2H3. The van der Waals surface area contributed by atoms with Gasteiger partial charge in [-0.05, 0) is 37.6 Å². The quantitative estimate of drug-likeness (QED) is 0.276. The highest BCUT2D eigenvalue weighted by Crippen LogP contribution is 2.41. The fourth-order valence-corrected chi connectivity index (χ4v) is 6.99. The molecular weight excluding hydrogens is 536 g/mol. The van der Waals surface area contributed by atoms with Crippen LogP contribution in [0, 0.1) is 6.92 Å². The molecule has 0 amide bonds. The number of halogens is 1. The number of morpholine rings is 1.